The zero-order valence-electron chi connectivity index (χ0n) is 11.0. The summed E-state index contributed by atoms with van der Waals surface area (Å²) in [4.78, 5) is 6.96. The highest BCUT2D eigenvalue weighted by Crippen LogP contribution is 2.27. The van der Waals surface area contributed by atoms with Crippen LogP contribution in [0.5, 0.6) is 0 Å². The number of H-pyrrole nitrogens is 1. The molecule has 0 bridgehead atoms. The molecule has 0 atom stereocenters. The van der Waals surface area contributed by atoms with Gasteiger partial charge in [0.2, 0.25) is 5.95 Å². The number of hydrogen-bond donors (Lipinski definition) is 2. The van der Waals surface area contributed by atoms with Gasteiger partial charge in [-0.25, -0.2) is 0 Å². The van der Waals surface area contributed by atoms with Crippen molar-refractivity contribution >= 4 is 5.95 Å². The lowest BCUT2D eigenvalue weighted by Crippen LogP contribution is -2.28. The summed E-state index contributed by atoms with van der Waals surface area (Å²) in [6, 6.07) is 0. The fraction of sp³-hybridized carbons (Fsp3) is 0.846. The first-order valence-corrected chi connectivity index (χ1v) is 7.29. The van der Waals surface area contributed by atoms with E-state index in [-0.39, 0.29) is 0 Å². The van der Waals surface area contributed by atoms with E-state index in [0.29, 0.717) is 0 Å². The van der Waals surface area contributed by atoms with Crippen LogP contribution in [0.2, 0.25) is 0 Å². The monoisotopic (exact) mass is 249 g/mol. The van der Waals surface area contributed by atoms with Crippen molar-refractivity contribution in [1.29, 1.82) is 0 Å². The third-order valence-electron chi connectivity index (χ3n) is 4.10. The van der Waals surface area contributed by atoms with Crippen LogP contribution in [0.25, 0.3) is 0 Å². The van der Waals surface area contributed by atoms with Crippen molar-refractivity contribution < 1.29 is 0 Å². The lowest BCUT2D eigenvalue weighted by molar-refractivity contribution is 0.531. The Balaban J connectivity index is 1.60. The van der Waals surface area contributed by atoms with Gasteiger partial charge in [0.05, 0.1) is 0 Å². The highest BCUT2D eigenvalue weighted by molar-refractivity contribution is 5.28. The average Bonchev–Trinajstić information content (AvgIpc) is 2.97. The smallest absolute Gasteiger partial charge is 0.244 e. The van der Waals surface area contributed by atoms with Crippen molar-refractivity contribution in [1.82, 2.24) is 20.5 Å². The molecule has 5 nitrogen and oxygen atoms in total. The molecule has 2 aliphatic rings. The molecule has 1 aromatic heterocycles. The van der Waals surface area contributed by atoms with Crippen LogP contribution in [-0.4, -0.2) is 41.4 Å². The second-order valence-electron chi connectivity index (χ2n) is 5.53. The van der Waals surface area contributed by atoms with Crippen LogP contribution in [0.3, 0.4) is 0 Å². The van der Waals surface area contributed by atoms with E-state index < -0.39 is 0 Å². The van der Waals surface area contributed by atoms with Crippen molar-refractivity contribution in [2.45, 2.75) is 38.5 Å². The predicted octanol–water partition coefficient (Wildman–Crippen LogP) is 1.34. The number of anilines is 1. The Morgan fingerprint density at radius 3 is 2.89 bits per heavy atom. The Kier molecular flexibility index (Phi) is 3.78. The standard InChI is InChI=1S/C13H23N5/c1-2-5-11(4-1)10-12-15-13(17-16-12)18-8-3-6-14-7-9-18/h11,14H,1-10H2,(H,15,16,17). The summed E-state index contributed by atoms with van der Waals surface area (Å²) in [5, 5.41) is 10.9. The molecule has 100 valence electrons. The van der Waals surface area contributed by atoms with E-state index in [4.69, 9.17) is 0 Å². The second-order valence-corrected chi connectivity index (χ2v) is 5.53. The van der Waals surface area contributed by atoms with E-state index in [9.17, 15) is 0 Å². The van der Waals surface area contributed by atoms with Gasteiger partial charge < -0.3 is 10.2 Å². The van der Waals surface area contributed by atoms with Gasteiger partial charge in [-0.15, -0.1) is 5.10 Å². The number of hydrogen-bond acceptors (Lipinski definition) is 4. The summed E-state index contributed by atoms with van der Waals surface area (Å²) in [5.74, 6) is 2.80. The SMILES string of the molecule is C1CCC(Cc2nc(N3CCCNCC3)n[nH]2)C1. The van der Waals surface area contributed by atoms with Crippen LogP contribution in [-0.2, 0) is 6.42 Å². The topological polar surface area (TPSA) is 56.8 Å². The number of aromatic nitrogens is 3. The molecule has 2 heterocycles. The van der Waals surface area contributed by atoms with Crippen molar-refractivity contribution in [2.75, 3.05) is 31.1 Å². The molecule has 1 aliphatic heterocycles. The Morgan fingerprint density at radius 2 is 2.00 bits per heavy atom. The zero-order valence-corrected chi connectivity index (χ0v) is 11.0. The number of nitrogens with zero attached hydrogens (tertiary/aromatic N) is 3. The first kappa shape index (κ1) is 12.0. The number of aromatic amines is 1. The van der Waals surface area contributed by atoms with Crippen molar-refractivity contribution in [3.63, 3.8) is 0 Å². The third kappa shape index (κ3) is 2.83. The second kappa shape index (κ2) is 5.69. The van der Waals surface area contributed by atoms with Crippen LogP contribution in [0.4, 0.5) is 5.95 Å². The minimum Gasteiger partial charge on any atom is -0.338 e. The molecule has 1 aliphatic carbocycles. The first-order valence-electron chi connectivity index (χ1n) is 7.29. The molecule has 0 unspecified atom stereocenters. The van der Waals surface area contributed by atoms with Crippen LogP contribution >= 0.6 is 0 Å². The Morgan fingerprint density at radius 1 is 1.11 bits per heavy atom. The number of rotatable bonds is 3. The minimum atomic E-state index is 0.830. The van der Waals surface area contributed by atoms with Crippen molar-refractivity contribution in [3.8, 4) is 0 Å². The first-order chi connectivity index (χ1) is 8.92. The fourth-order valence-corrected chi connectivity index (χ4v) is 3.05. The van der Waals surface area contributed by atoms with Gasteiger partial charge in [-0.1, -0.05) is 25.7 Å². The normalized spacial score (nSPS) is 22.3. The van der Waals surface area contributed by atoms with Gasteiger partial charge in [0.15, 0.2) is 0 Å². The molecule has 0 amide bonds. The molecule has 3 rings (SSSR count). The molecule has 2 fully saturated rings. The summed E-state index contributed by atoms with van der Waals surface area (Å²) in [6.07, 6.45) is 7.77. The molecule has 1 saturated carbocycles. The van der Waals surface area contributed by atoms with E-state index in [2.05, 4.69) is 25.4 Å². The van der Waals surface area contributed by atoms with Gasteiger partial charge >= 0.3 is 0 Å². The van der Waals surface area contributed by atoms with Gasteiger partial charge in [-0.2, -0.15) is 4.98 Å². The van der Waals surface area contributed by atoms with E-state index in [1.165, 1.54) is 32.1 Å². The van der Waals surface area contributed by atoms with Crippen LogP contribution < -0.4 is 10.2 Å². The molecule has 1 saturated heterocycles. The molecule has 5 heteroatoms. The van der Waals surface area contributed by atoms with Gasteiger partial charge in [0.25, 0.3) is 0 Å². The van der Waals surface area contributed by atoms with E-state index in [0.717, 1.165) is 50.3 Å². The maximum absolute atomic E-state index is 4.67. The molecule has 18 heavy (non-hydrogen) atoms. The third-order valence-corrected chi connectivity index (χ3v) is 4.10. The molecule has 0 spiro atoms. The summed E-state index contributed by atoms with van der Waals surface area (Å²) in [5.41, 5.74) is 0. The zero-order chi connectivity index (χ0) is 12.2. The minimum absolute atomic E-state index is 0.830. The lowest BCUT2D eigenvalue weighted by Gasteiger charge is -2.16. The van der Waals surface area contributed by atoms with Crippen molar-refractivity contribution in [2.24, 2.45) is 5.92 Å². The van der Waals surface area contributed by atoms with Gasteiger partial charge in [-0.3, -0.25) is 5.10 Å². The highest BCUT2D eigenvalue weighted by atomic mass is 15.4. The molecular weight excluding hydrogens is 226 g/mol. The van der Waals surface area contributed by atoms with Crippen LogP contribution in [0, 0.1) is 5.92 Å². The maximum Gasteiger partial charge on any atom is 0.244 e. The van der Waals surface area contributed by atoms with Crippen LogP contribution in [0.15, 0.2) is 0 Å². The highest BCUT2D eigenvalue weighted by Gasteiger charge is 2.19. The summed E-state index contributed by atoms with van der Waals surface area (Å²) < 4.78 is 0. The molecule has 0 radical (unpaired) electrons. The molecule has 0 aromatic carbocycles. The summed E-state index contributed by atoms with van der Waals surface area (Å²) in [6.45, 7) is 4.22. The Hall–Kier alpha value is -1.10. The van der Waals surface area contributed by atoms with E-state index in [1.54, 1.807) is 0 Å². The Labute approximate surface area is 108 Å². The largest absolute Gasteiger partial charge is 0.338 e. The van der Waals surface area contributed by atoms with Gasteiger partial charge in [-0.05, 0) is 18.9 Å². The van der Waals surface area contributed by atoms with E-state index >= 15 is 0 Å². The van der Waals surface area contributed by atoms with Gasteiger partial charge in [0, 0.05) is 26.1 Å². The van der Waals surface area contributed by atoms with Crippen LogP contribution in [0.1, 0.15) is 37.9 Å². The van der Waals surface area contributed by atoms with Crippen molar-refractivity contribution in [3.05, 3.63) is 5.82 Å². The Bertz CT molecular complexity index is 361. The molecule has 2 N–H and O–H groups in total. The maximum atomic E-state index is 4.67. The predicted molar refractivity (Wildman–Crippen MR) is 71.7 cm³/mol. The lowest BCUT2D eigenvalue weighted by atomic mass is 10.0. The van der Waals surface area contributed by atoms with E-state index in [1.807, 2.05) is 0 Å². The summed E-state index contributed by atoms with van der Waals surface area (Å²) in [7, 11) is 0. The fourth-order valence-electron chi connectivity index (χ4n) is 3.05. The number of nitrogens with one attached hydrogen (secondary N) is 2. The quantitative estimate of drug-likeness (QED) is 0.848. The molecular formula is C13H23N5. The summed E-state index contributed by atoms with van der Waals surface area (Å²) >= 11 is 0. The van der Waals surface area contributed by atoms with Gasteiger partial charge in [0.1, 0.15) is 5.82 Å². The molecule has 1 aromatic rings. The average molecular weight is 249 g/mol.